The summed E-state index contributed by atoms with van der Waals surface area (Å²) in [5, 5.41) is 0. The van der Waals surface area contributed by atoms with E-state index < -0.39 is 10.0 Å². The summed E-state index contributed by atoms with van der Waals surface area (Å²) in [7, 11) is -3.56. The second-order valence-electron chi connectivity index (χ2n) is 5.91. The number of benzene rings is 1. The zero-order valence-electron chi connectivity index (χ0n) is 13.3. The molecule has 1 aromatic carbocycles. The minimum Gasteiger partial charge on any atom is -0.389 e. The molecule has 0 aliphatic heterocycles. The van der Waals surface area contributed by atoms with Gasteiger partial charge in [0.05, 0.1) is 4.90 Å². The number of sulfonamides is 1. The van der Waals surface area contributed by atoms with Crippen LogP contribution in [0.25, 0.3) is 0 Å². The molecule has 0 heterocycles. The second-order valence-corrected chi connectivity index (χ2v) is 8.21. The molecule has 0 unspecified atom stereocenters. The van der Waals surface area contributed by atoms with Crippen LogP contribution in [-0.2, 0) is 10.0 Å². The maximum Gasteiger partial charge on any atom is 0.243 e. The number of thiocarbonyl (C=S) groups is 1. The van der Waals surface area contributed by atoms with E-state index in [4.69, 9.17) is 18.0 Å². The van der Waals surface area contributed by atoms with E-state index in [1.54, 1.807) is 25.1 Å². The molecule has 118 valence electrons. The second kappa shape index (κ2) is 6.85. The van der Waals surface area contributed by atoms with Gasteiger partial charge in [-0.15, -0.1) is 0 Å². The third kappa shape index (κ3) is 4.25. The summed E-state index contributed by atoms with van der Waals surface area (Å²) in [5.74, 6) is 0.251. The molecule has 1 aromatic rings. The predicted molar refractivity (Wildman–Crippen MR) is 90.9 cm³/mol. The number of aryl methyl sites for hydroxylation is 1. The zero-order chi connectivity index (χ0) is 16.4. The summed E-state index contributed by atoms with van der Waals surface area (Å²) in [6.45, 7) is 10.0. The van der Waals surface area contributed by atoms with E-state index in [0.717, 1.165) is 0 Å². The maximum absolute atomic E-state index is 12.9. The lowest BCUT2D eigenvalue weighted by atomic mass is 10.1. The molecule has 0 aliphatic rings. The van der Waals surface area contributed by atoms with E-state index in [-0.39, 0.29) is 21.8 Å². The van der Waals surface area contributed by atoms with Crippen molar-refractivity contribution >= 4 is 27.2 Å². The summed E-state index contributed by atoms with van der Waals surface area (Å²) in [4.78, 5) is 0.480. The highest BCUT2D eigenvalue weighted by molar-refractivity contribution is 7.89. The molecule has 0 spiro atoms. The maximum atomic E-state index is 12.9. The largest absolute Gasteiger partial charge is 0.389 e. The Morgan fingerprint density at radius 2 is 1.86 bits per heavy atom. The van der Waals surface area contributed by atoms with E-state index in [1.165, 1.54) is 4.31 Å². The van der Waals surface area contributed by atoms with Crippen LogP contribution in [0, 0.1) is 12.8 Å². The Bertz CT molecular complexity index is 623. The minimum atomic E-state index is -3.56. The highest BCUT2D eigenvalue weighted by Gasteiger charge is 2.29. The minimum absolute atomic E-state index is 0.106. The first-order valence-corrected chi connectivity index (χ1v) is 8.84. The third-order valence-electron chi connectivity index (χ3n) is 3.18. The van der Waals surface area contributed by atoms with Crippen molar-refractivity contribution in [2.24, 2.45) is 11.7 Å². The van der Waals surface area contributed by atoms with Gasteiger partial charge in [0.1, 0.15) is 4.99 Å². The van der Waals surface area contributed by atoms with Crippen LogP contribution in [0.15, 0.2) is 23.1 Å². The van der Waals surface area contributed by atoms with Crippen LogP contribution < -0.4 is 5.73 Å². The SMILES string of the molecule is Cc1ccc(C(N)=S)cc1S(=O)(=O)N(CC(C)C)C(C)C. The van der Waals surface area contributed by atoms with Crippen molar-refractivity contribution in [1.29, 1.82) is 0 Å². The molecule has 2 N–H and O–H groups in total. The fraction of sp³-hybridized carbons (Fsp3) is 0.533. The first kappa shape index (κ1) is 18.1. The van der Waals surface area contributed by atoms with Crippen molar-refractivity contribution in [1.82, 2.24) is 4.31 Å². The lowest BCUT2D eigenvalue weighted by Crippen LogP contribution is -2.39. The predicted octanol–water partition coefficient (Wildman–Crippen LogP) is 2.68. The average molecular weight is 329 g/mol. The molecule has 0 saturated carbocycles. The topological polar surface area (TPSA) is 63.4 Å². The molecule has 0 aromatic heterocycles. The summed E-state index contributed by atoms with van der Waals surface area (Å²) in [5.41, 5.74) is 6.89. The first-order chi connectivity index (χ1) is 9.57. The number of rotatable bonds is 6. The lowest BCUT2D eigenvalue weighted by Gasteiger charge is -2.28. The highest BCUT2D eigenvalue weighted by Crippen LogP contribution is 2.24. The molecule has 0 bridgehead atoms. The molecular weight excluding hydrogens is 304 g/mol. The molecule has 0 atom stereocenters. The Hall–Kier alpha value is -0.980. The van der Waals surface area contributed by atoms with Gasteiger partial charge in [0, 0.05) is 18.2 Å². The molecule has 1 rings (SSSR count). The third-order valence-corrected chi connectivity index (χ3v) is 5.60. The Morgan fingerprint density at radius 3 is 2.29 bits per heavy atom. The molecule has 4 nitrogen and oxygen atoms in total. The quantitative estimate of drug-likeness (QED) is 0.816. The van der Waals surface area contributed by atoms with Crippen molar-refractivity contribution in [2.75, 3.05) is 6.54 Å². The Kier molecular flexibility index (Phi) is 5.90. The van der Waals surface area contributed by atoms with Crippen molar-refractivity contribution in [2.45, 2.75) is 45.6 Å². The fourth-order valence-electron chi connectivity index (χ4n) is 2.10. The monoisotopic (exact) mass is 328 g/mol. The number of hydrogen-bond acceptors (Lipinski definition) is 3. The molecule has 0 fully saturated rings. The van der Waals surface area contributed by atoms with Gasteiger partial charge in [-0.3, -0.25) is 0 Å². The Balaban J connectivity index is 3.40. The Morgan fingerprint density at radius 1 is 1.29 bits per heavy atom. The summed E-state index contributed by atoms with van der Waals surface area (Å²) in [6.07, 6.45) is 0. The average Bonchev–Trinajstić information content (AvgIpc) is 2.35. The van der Waals surface area contributed by atoms with Crippen LogP contribution >= 0.6 is 12.2 Å². The van der Waals surface area contributed by atoms with E-state index >= 15 is 0 Å². The van der Waals surface area contributed by atoms with Crippen LogP contribution in [0.4, 0.5) is 0 Å². The molecule has 0 amide bonds. The molecule has 0 radical (unpaired) electrons. The van der Waals surface area contributed by atoms with Gasteiger partial charge in [0.2, 0.25) is 10.0 Å². The van der Waals surface area contributed by atoms with Gasteiger partial charge in [-0.2, -0.15) is 4.31 Å². The van der Waals surface area contributed by atoms with Crippen LogP contribution in [0.5, 0.6) is 0 Å². The lowest BCUT2D eigenvalue weighted by molar-refractivity contribution is 0.318. The summed E-state index contributed by atoms with van der Waals surface area (Å²) >= 11 is 4.94. The molecule has 0 aliphatic carbocycles. The van der Waals surface area contributed by atoms with Gasteiger partial charge in [-0.05, 0) is 38.3 Å². The van der Waals surface area contributed by atoms with Crippen molar-refractivity contribution in [3.05, 3.63) is 29.3 Å². The smallest absolute Gasteiger partial charge is 0.243 e. The van der Waals surface area contributed by atoms with Gasteiger partial charge in [-0.1, -0.05) is 38.2 Å². The normalized spacial score (nSPS) is 12.4. The number of nitrogens with zero attached hydrogens (tertiary/aromatic N) is 1. The Labute approximate surface area is 133 Å². The van der Waals surface area contributed by atoms with E-state index in [1.807, 2.05) is 27.7 Å². The fourth-order valence-corrected chi connectivity index (χ4v) is 4.28. The van der Waals surface area contributed by atoms with Crippen LogP contribution in [-0.4, -0.2) is 30.3 Å². The zero-order valence-corrected chi connectivity index (χ0v) is 14.9. The van der Waals surface area contributed by atoms with Crippen molar-refractivity contribution in [3.8, 4) is 0 Å². The molecular formula is C15H24N2O2S2. The summed E-state index contributed by atoms with van der Waals surface area (Å²) in [6, 6.07) is 4.96. The van der Waals surface area contributed by atoms with Gasteiger partial charge in [-0.25, -0.2) is 8.42 Å². The molecule has 6 heteroatoms. The van der Waals surface area contributed by atoms with E-state index in [0.29, 0.717) is 17.7 Å². The van der Waals surface area contributed by atoms with Crippen molar-refractivity contribution in [3.63, 3.8) is 0 Å². The van der Waals surface area contributed by atoms with Crippen LogP contribution in [0.3, 0.4) is 0 Å². The van der Waals surface area contributed by atoms with Gasteiger partial charge in [0.15, 0.2) is 0 Å². The van der Waals surface area contributed by atoms with Crippen molar-refractivity contribution < 1.29 is 8.42 Å². The van der Waals surface area contributed by atoms with Gasteiger partial charge in [0.25, 0.3) is 0 Å². The van der Waals surface area contributed by atoms with Gasteiger partial charge < -0.3 is 5.73 Å². The van der Waals surface area contributed by atoms with Crippen LogP contribution in [0.2, 0.25) is 0 Å². The first-order valence-electron chi connectivity index (χ1n) is 6.99. The molecule has 21 heavy (non-hydrogen) atoms. The summed E-state index contributed by atoms with van der Waals surface area (Å²) < 4.78 is 27.4. The van der Waals surface area contributed by atoms with Crippen LogP contribution in [0.1, 0.15) is 38.8 Å². The number of nitrogens with two attached hydrogens (primary N) is 1. The molecule has 0 saturated heterocycles. The number of hydrogen-bond donors (Lipinski definition) is 1. The standard InChI is InChI=1S/C15H24N2O2S2/c1-10(2)9-17(11(3)4)21(18,19)14-8-13(15(16)20)7-6-12(14)5/h6-8,10-11H,9H2,1-5H3,(H2,16,20). The highest BCUT2D eigenvalue weighted by atomic mass is 32.2. The van der Waals surface area contributed by atoms with Gasteiger partial charge >= 0.3 is 0 Å². The van der Waals surface area contributed by atoms with E-state index in [9.17, 15) is 8.42 Å². The van der Waals surface area contributed by atoms with E-state index in [2.05, 4.69) is 0 Å².